The third-order valence-corrected chi connectivity index (χ3v) is 8.42. The number of carbonyl (C=O) groups excluding carboxylic acids is 1. The van der Waals surface area contributed by atoms with Crippen LogP contribution in [0.3, 0.4) is 0 Å². The number of carbonyl (C=O) groups is 1. The van der Waals surface area contributed by atoms with E-state index >= 15 is 0 Å². The number of ketones is 1. The summed E-state index contributed by atoms with van der Waals surface area (Å²) in [6.07, 6.45) is 6.00. The minimum atomic E-state index is -0.220. The number of aromatic nitrogens is 3. The molecule has 0 bridgehead atoms. The highest BCUT2D eigenvalue weighted by molar-refractivity contribution is 6.27. The number of ether oxygens (including phenoxy) is 4. The molecule has 0 aliphatic heterocycles. The summed E-state index contributed by atoms with van der Waals surface area (Å²) in [6, 6.07) is 26.6. The first-order valence-electron chi connectivity index (χ1n) is 15.4. The maximum atomic E-state index is 14.4. The van der Waals surface area contributed by atoms with E-state index in [0.29, 0.717) is 88.9 Å². The Hall–Kier alpha value is -5.83. The van der Waals surface area contributed by atoms with Crippen LogP contribution in [0.15, 0.2) is 108 Å². The molecule has 0 N–H and O–H groups in total. The Bertz CT molecular complexity index is 2120. The minimum Gasteiger partial charge on any atom is -0.493 e. The van der Waals surface area contributed by atoms with Crippen LogP contribution in [0.2, 0.25) is 0 Å². The van der Waals surface area contributed by atoms with E-state index in [1.165, 1.54) is 14.2 Å². The predicted molar refractivity (Wildman–Crippen MR) is 179 cm³/mol. The lowest BCUT2D eigenvalue weighted by Gasteiger charge is -2.18. The van der Waals surface area contributed by atoms with E-state index in [0.717, 1.165) is 11.1 Å². The van der Waals surface area contributed by atoms with Crippen molar-refractivity contribution in [1.29, 1.82) is 0 Å². The Labute approximate surface area is 271 Å². The Morgan fingerprint density at radius 1 is 0.681 bits per heavy atom. The van der Waals surface area contributed by atoms with E-state index in [2.05, 4.69) is 4.98 Å². The van der Waals surface area contributed by atoms with Gasteiger partial charge in [0.1, 0.15) is 13.2 Å². The van der Waals surface area contributed by atoms with Crippen LogP contribution in [-0.2, 0) is 26.3 Å². The van der Waals surface area contributed by atoms with Crippen LogP contribution in [0.1, 0.15) is 33.5 Å². The van der Waals surface area contributed by atoms with E-state index in [9.17, 15) is 9.59 Å². The molecule has 9 heteroatoms. The molecule has 236 valence electrons. The van der Waals surface area contributed by atoms with Crippen molar-refractivity contribution < 1.29 is 23.7 Å². The molecule has 0 radical (unpaired) electrons. The highest BCUT2D eigenvalue weighted by Gasteiger charge is 2.35. The molecule has 0 spiro atoms. The second kappa shape index (κ2) is 12.9. The molecule has 7 rings (SSSR count). The number of aryl methyl sites for hydroxylation is 1. The molecule has 0 unspecified atom stereocenters. The number of nitrogens with zero attached hydrogens (tertiary/aromatic N) is 3. The Morgan fingerprint density at radius 3 is 1.85 bits per heavy atom. The van der Waals surface area contributed by atoms with Crippen LogP contribution in [0.4, 0.5) is 0 Å². The lowest BCUT2D eigenvalue weighted by Crippen LogP contribution is -2.24. The number of pyridine rings is 1. The van der Waals surface area contributed by atoms with Crippen LogP contribution in [-0.4, -0.2) is 34.1 Å². The fourth-order valence-corrected chi connectivity index (χ4v) is 6.10. The summed E-state index contributed by atoms with van der Waals surface area (Å²) in [4.78, 5) is 32.8. The van der Waals surface area contributed by atoms with Gasteiger partial charge in [-0.05, 0) is 41.8 Å². The molecule has 1 aliphatic carbocycles. The molecule has 2 aromatic heterocycles. The highest BCUT2D eigenvalue weighted by atomic mass is 16.5. The second-order valence-corrected chi connectivity index (χ2v) is 11.3. The third kappa shape index (κ3) is 5.72. The van der Waals surface area contributed by atoms with Gasteiger partial charge in [0.15, 0.2) is 28.8 Å². The Kier molecular flexibility index (Phi) is 8.18. The summed E-state index contributed by atoms with van der Waals surface area (Å²) in [7, 11) is 3.06. The lowest BCUT2D eigenvalue weighted by molar-refractivity contribution is 0.104. The zero-order chi connectivity index (χ0) is 32.3. The molecule has 0 amide bonds. The summed E-state index contributed by atoms with van der Waals surface area (Å²) in [5.41, 5.74) is 3.81. The van der Waals surface area contributed by atoms with Gasteiger partial charge in [-0.15, -0.1) is 0 Å². The van der Waals surface area contributed by atoms with Gasteiger partial charge >= 0.3 is 0 Å². The number of methoxy groups -OCH3 is 2. The fourth-order valence-electron chi connectivity index (χ4n) is 6.10. The van der Waals surface area contributed by atoms with Crippen molar-refractivity contribution in [3.8, 4) is 34.3 Å². The maximum absolute atomic E-state index is 14.4. The first-order chi connectivity index (χ1) is 23.1. The van der Waals surface area contributed by atoms with Gasteiger partial charge in [-0.25, -0.2) is 4.98 Å². The molecule has 2 heterocycles. The van der Waals surface area contributed by atoms with Gasteiger partial charge in [0, 0.05) is 42.0 Å². The predicted octanol–water partition coefficient (Wildman–Crippen LogP) is 6.67. The lowest BCUT2D eigenvalue weighted by atomic mass is 10.0. The van der Waals surface area contributed by atoms with Crippen LogP contribution in [0.25, 0.3) is 22.0 Å². The van der Waals surface area contributed by atoms with E-state index in [1.54, 1.807) is 35.3 Å². The largest absolute Gasteiger partial charge is 0.493 e. The second-order valence-electron chi connectivity index (χ2n) is 11.3. The maximum Gasteiger partial charge on any atom is 0.259 e. The summed E-state index contributed by atoms with van der Waals surface area (Å²) in [6.45, 7) is 1.63. The Morgan fingerprint density at radius 2 is 1.28 bits per heavy atom. The van der Waals surface area contributed by atoms with Crippen molar-refractivity contribution in [2.24, 2.45) is 0 Å². The van der Waals surface area contributed by atoms with Crippen molar-refractivity contribution in [2.75, 3.05) is 14.2 Å². The van der Waals surface area contributed by atoms with Crippen molar-refractivity contribution in [2.45, 2.75) is 32.7 Å². The number of rotatable bonds is 12. The summed E-state index contributed by atoms with van der Waals surface area (Å²) >= 11 is 0. The molecule has 0 saturated heterocycles. The van der Waals surface area contributed by atoms with Crippen molar-refractivity contribution in [3.63, 3.8) is 0 Å². The van der Waals surface area contributed by atoms with E-state index in [1.807, 2.05) is 77.5 Å². The first kappa shape index (κ1) is 29.9. The molecular formula is C38H33N3O6. The highest BCUT2D eigenvalue weighted by Crippen LogP contribution is 2.46. The topological polar surface area (TPSA) is 93.8 Å². The van der Waals surface area contributed by atoms with Crippen LogP contribution in [0, 0.1) is 0 Å². The van der Waals surface area contributed by atoms with Crippen LogP contribution >= 0.6 is 0 Å². The normalized spacial score (nSPS) is 11.7. The molecule has 0 fully saturated rings. The molecular weight excluding hydrogens is 594 g/mol. The zero-order valence-electron chi connectivity index (χ0n) is 26.1. The monoisotopic (exact) mass is 627 g/mol. The van der Waals surface area contributed by atoms with Gasteiger partial charge in [0.05, 0.1) is 37.2 Å². The third-order valence-electron chi connectivity index (χ3n) is 8.42. The fraction of sp³-hybridized carbons (Fsp3) is 0.184. The number of imidazole rings is 1. The van der Waals surface area contributed by atoms with Gasteiger partial charge in [0.25, 0.3) is 5.56 Å². The Balaban J connectivity index is 1.38. The first-order valence-corrected chi connectivity index (χ1v) is 15.4. The summed E-state index contributed by atoms with van der Waals surface area (Å²) in [5.74, 6) is 1.58. The van der Waals surface area contributed by atoms with Gasteiger partial charge in [0.2, 0.25) is 0 Å². The average Bonchev–Trinajstić information content (AvgIpc) is 3.73. The minimum absolute atomic E-state index is 0.199. The van der Waals surface area contributed by atoms with Crippen molar-refractivity contribution >= 4 is 16.6 Å². The molecule has 47 heavy (non-hydrogen) atoms. The van der Waals surface area contributed by atoms with E-state index in [-0.39, 0.29) is 11.3 Å². The van der Waals surface area contributed by atoms with Gasteiger partial charge in [-0.3, -0.25) is 9.59 Å². The number of benzene rings is 4. The number of fused-ring (bicyclic) bond motifs is 5. The van der Waals surface area contributed by atoms with E-state index in [4.69, 9.17) is 18.9 Å². The molecule has 9 nitrogen and oxygen atoms in total. The van der Waals surface area contributed by atoms with Crippen molar-refractivity contribution in [3.05, 3.63) is 136 Å². The zero-order valence-corrected chi connectivity index (χ0v) is 26.1. The van der Waals surface area contributed by atoms with Gasteiger partial charge in [-0.2, -0.15) is 0 Å². The van der Waals surface area contributed by atoms with Gasteiger partial charge in [-0.1, -0.05) is 60.7 Å². The smallest absolute Gasteiger partial charge is 0.259 e. The molecule has 6 aromatic rings. The molecule has 0 atom stereocenters. The van der Waals surface area contributed by atoms with E-state index < -0.39 is 0 Å². The van der Waals surface area contributed by atoms with Gasteiger partial charge < -0.3 is 28.1 Å². The molecule has 0 saturated carbocycles. The number of hydrogen-bond donors (Lipinski definition) is 0. The standard InChI is InChI=1S/C38H33N3O6/c1-44-31-18-27-30(21-32(31)45-2)38(43)41(16-9-15-40-17-14-39-24-40)36-28-19-33(46-22-25-10-5-3-6-11-25)34(20-29(28)37(42)35(27)36)47-23-26-12-7-4-8-13-26/h3-8,10-14,17-21,24H,9,15-16,22-23H2,1-2H3. The molecule has 1 aliphatic rings. The SMILES string of the molecule is COc1cc2c3c(n(CCCn4ccnc4)c(=O)c2cc1OC)-c1cc(OCc2ccccc2)c(OCc2ccccc2)cc1C3=O. The number of hydrogen-bond acceptors (Lipinski definition) is 7. The van der Waals surface area contributed by atoms with Crippen LogP contribution in [0.5, 0.6) is 23.0 Å². The quantitative estimate of drug-likeness (QED) is 0.149. The molecule has 4 aromatic carbocycles. The van der Waals surface area contributed by atoms with Crippen molar-refractivity contribution in [1.82, 2.24) is 14.1 Å². The summed E-state index contributed by atoms with van der Waals surface area (Å²) in [5, 5.41) is 0.888. The van der Waals surface area contributed by atoms with Crippen LogP contribution < -0.4 is 24.5 Å². The summed E-state index contributed by atoms with van der Waals surface area (Å²) < 4.78 is 27.5. The average molecular weight is 628 g/mol.